The SMILES string of the molecule is COc1cccc(N2CCN(CC(C)(C)O)CC2)c1. The number of anilines is 1. The molecular formula is C15H24N2O2. The summed E-state index contributed by atoms with van der Waals surface area (Å²) in [6.45, 7) is 8.41. The van der Waals surface area contributed by atoms with Crippen LogP contribution in [-0.2, 0) is 0 Å². The number of hydrogen-bond acceptors (Lipinski definition) is 4. The van der Waals surface area contributed by atoms with E-state index in [0.717, 1.165) is 38.5 Å². The number of nitrogens with zero attached hydrogens (tertiary/aromatic N) is 2. The molecule has 0 unspecified atom stereocenters. The zero-order valence-corrected chi connectivity index (χ0v) is 12.1. The highest BCUT2D eigenvalue weighted by molar-refractivity contribution is 5.51. The molecule has 0 saturated carbocycles. The van der Waals surface area contributed by atoms with Gasteiger partial charge in [-0.15, -0.1) is 0 Å². The number of benzene rings is 1. The summed E-state index contributed by atoms with van der Waals surface area (Å²) in [6.07, 6.45) is 0. The van der Waals surface area contributed by atoms with E-state index >= 15 is 0 Å². The summed E-state index contributed by atoms with van der Waals surface area (Å²) in [6, 6.07) is 8.19. The van der Waals surface area contributed by atoms with Gasteiger partial charge in [-0.2, -0.15) is 0 Å². The summed E-state index contributed by atoms with van der Waals surface area (Å²) < 4.78 is 5.26. The van der Waals surface area contributed by atoms with Gasteiger partial charge in [0, 0.05) is 44.5 Å². The molecule has 1 N–H and O–H groups in total. The molecule has 1 heterocycles. The first kappa shape index (κ1) is 14.2. The van der Waals surface area contributed by atoms with Crippen LogP contribution in [0.4, 0.5) is 5.69 Å². The Morgan fingerprint density at radius 2 is 1.89 bits per heavy atom. The number of β-amino-alcohol motifs (C(OH)–C–C–N with tert-alkyl or cyclic N) is 1. The van der Waals surface area contributed by atoms with Crippen molar-refractivity contribution < 1.29 is 9.84 Å². The van der Waals surface area contributed by atoms with Crippen molar-refractivity contribution in [3.8, 4) is 5.75 Å². The molecule has 106 valence electrons. The Kier molecular flexibility index (Phi) is 4.32. The van der Waals surface area contributed by atoms with Crippen molar-refractivity contribution in [1.82, 2.24) is 4.90 Å². The first-order valence-electron chi connectivity index (χ1n) is 6.82. The molecule has 4 heteroatoms. The van der Waals surface area contributed by atoms with Crippen molar-refractivity contribution in [2.75, 3.05) is 44.7 Å². The summed E-state index contributed by atoms with van der Waals surface area (Å²) >= 11 is 0. The molecule has 0 atom stereocenters. The summed E-state index contributed by atoms with van der Waals surface area (Å²) in [7, 11) is 1.69. The van der Waals surface area contributed by atoms with Crippen LogP contribution in [0.1, 0.15) is 13.8 Å². The van der Waals surface area contributed by atoms with Gasteiger partial charge in [0.15, 0.2) is 0 Å². The predicted molar refractivity (Wildman–Crippen MR) is 77.9 cm³/mol. The van der Waals surface area contributed by atoms with E-state index in [1.807, 2.05) is 26.0 Å². The Morgan fingerprint density at radius 3 is 2.47 bits per heavy atom. The molecular weight excluding hydrogens is 240 g/mol. The lowest BCUT2D eigenvalue weighted by atomic mass is 10.1. The van der Waals surface area contributed by atoms with Gasteiger partial charge in [-0.05, 0) is 26.0 Å². The van der Waals surface area contributed by atoms with Gasteiger partial charge in [0.05, 0.1) is 12.7 Å². The second kappa shape index (κ2) is 5.80. The number of ether oxygens (including phenoxy) is 1. The maximum absolute atomic E-state index is 9.85. The van der Waals surface area contributed by atoms with E-state index in [-0.39, 0.29) is 0 Å². The monoisotopic (exact) mass is 264 g/mol. The molecule has 4 nitrogen and oxygen atoms in total. The van der Waals surface area contributed by atoms with E-state index in [1.165, 1.54) is 5.69 Å². The third-order valence-electron chi connectivity index (χ3n) is 3.40. The van der Waals surface area contributed by atoms with Crippen LogP contribution in [-0.4, -0.2) is 55.4 Å². The number of piperazine rings is 1. The molecule has 0 aromatic heterocycles. The maximum atomic E-state index is 9.85. The maximum Gasteiger partial charge on any atom is 0.120 e. The van der Waals surface area contributed by atoms with Crippen LogP contribution in [0, 0.1) is 0 Å². The standard InChI is InChI=1S/C15H24N2O2/c1-15(2,18)12-16-7-9-17(10-8-16)13-5-4-6-14(11-13)19-3/h4-6,11,18H,7-10,12H2,1-3H3. The third-order valence-corrected chi connectivity index (χ3v) is 3.40. The minimum atomic E-state index is -0.613. The van der Waals surface area contributed by atoms with Gasteiger partial charge >= 0.3 is 0 Å². The molecule has 0 aliphatic carbocycles. The van der Waals surface area contributed by atoms with Gasteiger partial charge in [-0.25, -0.2) is 0 Å². The van der Waals surface area contributed by atoms with Crippen LogP contribution in [0.5, 0.6) is 5.75 Å². The van der Waals surface area contributed by atoms with Crippen LogP contribution >= 0.6 is 0 Å². The molecule has 2 rings (SSSR count). The molecule has 1 aliphatic rings. The Bertz CT molecular complexity index is 407. The Morgan fingerprint density at radius 1 is 1.21 bits per heavy atom. The quantitative estimate of drug-likeness (QED) is 0.896. The fourth-order valence-corrected chi connectivity index (χ4v) is 2.52. The summed E-state index contributed by atoms with van der Waals surface area (Å²) in [4.78, 5) is 4.68. The summed E-state index contributed by atoms with van der Waals surface area (Å²) in [5.74, 6) is 0.899. The van der Waals surface area contributed by atoms with Crippen molar-refractivity contribution in [3.05, 3.63) is 24.3 Å². The van der Waals surface area contributed by atoms with Crippen molar-refractivity contribution in [3.63, 3.8) is 0 Å². The number of methoxy groups -OCH3 is 1. The molecule has 0 amide bonds. The molecule has 0 bridgehead atoms. The second-order valence-electron chi connectivity index (χ2n) is 5.78. The summed E-state index contributed by atoms with van der Waals surface area (Å²) in [5.41, 5.74) is 0.597. The average molecular weight is 264 g/mol. The molecule has 1 fully saturated rings. The van der Waals surface area contributed by atoms with Crippen molar-refractivity contribution in [2.24, 2.45) is 0 Å². The Hall–Kier alpha value is -1.26. The fraction of sp³-hybridized carbons (Fsp3) is 0.600. The molecule has 1 saturated heterocycles. The zero-order chi connectivity index (χ0) is 13.9. The van der Waals surface area contributed by atoms with Crippen LogP contribution in [0.3, 0.4) is 0 Å². The van der Waals surface area contributed by atoms with Gasteiger partial charge in [-0.1, -0.05) is 6.07 Å². The topological polar surface area (TPSA) is 35.9 Å². The van der Waals surface area contributed by atoms with Crippen LogP contribution in [0.25, 0.3) is 0 Å². The summed E-state index contributed by atoms with van der Waals surface area (Å²) in [5, 5.41) is 9.85. The molecule has 0 spiro atoms. The molecule has 1 aliphatic heterocycles. The molecule has 1 aromatic carbocycles. The highest BCUT2D eigenvalue weighted by Gasteiger charge is 2.22. The fourth-order valence-electron chi connectivity index (χ4n) is 2.52. The van der Waals surface area contributed by atoms with E-state index in [2.05, 4.69) is 21.9 Å². The van der Waals surface area contributed by atoms with Gasteiger partial charge in [0.1, 0.15) is 5.75 Å². The van der Waals surface area contributed by atoms with E-state index in [9.17, 15) is 5.11 Å². The minimum Gasteiger partial charge on any atom is -0.497 e. The van der Waals surface area contributed by atoms with Gasteiger partial charge < -0.3 is 14.7 Å². The molecule has 19 heavy (non-hydrogen) atoms. The largest absolute Gasteiger partial charge is 0.497 e. The smallest absolute Gasteiger partial charge is 0.120 e. The predicted octanol–water partition coefficient (Wildman–Crippen LogP) is 1.59. The Balaban J connectivity index is 1.92. The second-order valence-corrected chi connectivity index (χ2v) is 5.78. The number of hydrogen-bond donors (Lipinski definition) is 1. The lowest BCUT2D eigenvalue weighted by Gasteiger charge is -2.38. The van der Waals surface area contributed by atoms with E-state index < -0.39 is 5.60 Å². The highest BCUT2D eigenvalue weighted by atomic mass is 16.5. The van der Waals surface area contributed by atoms with Crippen molar-refractivity contribution in [2.45, 2.75) is 19.4 Å². The minimum absolute atomic E-state index is 0.613. The van der Waals surface area contributed by atoms with Crippen LogP contribution in [0.15, 0.2) is 24.3 Å². The van der Waals surface area contributed by atoms with Crippen molar-refractivity contribution in [1.29, 1.82) is 0 Å². The van der Waals surface area contributed by atoms with Gasteiger partial charge in [-0.3, -0.25) is 4.90 Å². The highest BCUT2D eigenvalue weighted by Crippen LogP contribution is 2.22. The van der Waals surface area contributed by atoms with Crippen LogP contribution < -0.4 is 9.64 Å². The van der Waals surface area contributed by atoms with E-state index in [0.29, 0.717) is 0 Å². The molecule has 0 radical (unpaired) electrons. The van der Waals surface area contributed by atoms with Crippen molar-refractivity contribution >= 4 is 5.69 Å². The van der Waals surface area contributed by atoms with E-state index in [4.69, 9.17) is 4.74 Å². The molecule has 1 aromatic rings. The van der Waals surface area contributed by atoms with E-state index in [1.54, 1.807) is 7.11 Å². The third kappa shape index (κ3) is 4.11. The lowest BCUT2D eigenvalue weighted by molar-refractivity contribution is 0.0345. The van der Waals surface area contributed by atoms with Gasteiger partial charge in [0.2, 0.25) is 0 Å². The lowest BCUT2D eigenvalue weighted by Crippen LogP contribution is -2.50. The first-order chi connectivity index (χ1) is 8.98. The normalized spacial score (nSPS) is 17.6. The Labute approximate surface area is 115 Å². The number of aliphatic hydroxyl groups is 1. The van der Waals surface area contributed by atoms with Crippen LogP contribution in [0.2, 0.25) is 0 Å². The average Bonchev–Trinajstić information content (AvgIpc) is 2.38. The van der Waals surface area contributed by atoms with Gasteiger partial charge in [0.25, 0.3) is 0 Å². The first-order valence-corrected chi connectivity index (χ1v) is 6.82. The zero-order valence-electron chi connectivity index (χ0n) is 12.1. The number of rotatable bonds is 4.